The third-order valence-electron chi connectivity index (χ3n) is 3.27. The number of aromatic nitrogens is 2. The van der Waals surface area contributed by atoms with Crippen LogP contribution in [-0.2, 0) is 19.4 Å². The lowest BCUT2D eigenvalue weighted by atomic mass is 10.0. The quantitative estimate of drug-likeness (QED) is 0.778. The molecule has 0 radical (unpaired) electrons. The molecule has 2 heterocycles. The van der Waals surface area contributed by atoms with Crippen molar-refractivity contribution in [3.63, 3.8) is 0 Å². The van der Waals surface area contributed by atoms with Crippen LogP contribution < -0.4 is 0 Å². The van der Waals surface area contributed by atoms with Crippen molar-refractivity contribution < 1.29 is 0 Å². The summed E-state index contributed by atoms with van der Waals surface area (Å²) in [6.07, 6.45) is 1.96. The molecule has 1 aliphatic heterocycles. The van der Waals surface area contributed by atoms with E-state index in [0.29, 0.717) is 10.7 Å². The average molecular weight is 338 g/mol. The van der Waals surface area contributed by atoms with E-state index >= 15 is 0 Å². The standard InChI is InChI=1S/C12H18BrClN2S/c1-3-10-12(14)11(16(4-2)15-10)5-8-6-17-7-9(8)13/h8-9H,3-7H2,1-2H3. The van der Waals surface area contributed by atoms with E-state index in [1.807, 2.05) is 11.8 Å². The van der Waals surface area contributed by atoms with Crippen molar-refractivity contribution in [3.8, 4) is 0 Å². The maximum atomic E-state index is 6.43. The normalized spacial score (nSPS) is 24.5. The second-order valence-electron chi connectivity index (χ2n) is 4.39. The van der Waals surface area contributed by atoms with Gasteiger partial charge in [-0.25, -0.2) is 0 Å². The summed E-state index contributed by atoms with van der Waals surface area (Å²) in [6.45, 7) is 5.14. The van der Waals surface area contributed by atoms with Crippen LogP contribution in [0.5, 0.6) is 0 Å². The van der Waals surface area contributed by atoms with Crippen LogP contribution in [0.4, 0.5) is 0 Å². The topological polar surface area (TPSA) is 17.8 Å². The first-order chi connectivity index (χ1) is 8.17. The van der Waals surface area contributed by atoms with Crippen LogP contribution >= 0.6 is 39.3 Å². The number of hydrogen-bond donors (Lipinski definition) is 0. The summed E-state index contributed by atoms with van der Waals surface area (Å²) >= 11 is 12.2. The van der Waals surface area contributed by atoms with Crippen LogP contribution in [0.1, 0.15) is 25.2 Å². The fraction of sp³-hybridized carbons (Fsp3) is 0.750. The Kier molecular flexibility index (Phi) is 4.84. The SMILES string of the molecule is CCc1nn(CC)c(CC2CSCC2Br)c1Cl. The third kappa shape index (κ3) is 2.85. The molecule has 96 valence electrons. The van der Waals surface area contributed by atoms with E-state index in [1.54, 1.807) is 0 Å². The van der Waals surface area contributed by atoms with Gasteiger partial charge in [-0.1, -0.05) is 34.5 Å². The molecule has 2 unspecified atom stereocenters. The van der Waals surface area contributed by atoms with Gasteiger partial charge in [-0.05, 0) is 31.4 Å². The highest BCUT2D eigenvalue weighted by Gasteiger charge is 2.28. The van der Waals surface area contributed by atoms with Gasteiger partial charge in [0.15, 0.2) is 0 Å². The van der Waals surface area contributed by atoms with Crippen molar-refractivity contribution in [2.45, 2.75) is 38.1 Å². The smallest absolute Gasteiger partial charge is 0.0849 e. The molecule has 2 rings (SSSR count). The average Bonchev–Trinajstić information content (AvgIpc) is 2.86. The minimum Gasteiger partial charge on any atom is -0.268 e. The van der Waals surface area contributed by atoms with E-state index in [0.717, 1.165) is 30.1 Å². The van der Waals surface area contributed by atoms with Crippen LogP contribution in [-0.4, -0.2) is 26.1 Å². The van der Waals surface area contributed by atoms with Crippen LogP contribution in [0, 0.1) is 5.92 Å². The van der Waals surface area contributed by atoms with Gasteiger partial charge in [0.2, 0.25) is 0 Å². The fourth-order valence-electron chi connectivity index (χ4n) is 2.22. The Hall–Kier alpha value is 0.330. The highest BCUT2D eigenvalue weighted by molar-refractivity contribution is 9.09. The molecule has 1 aromatic rings. The van der Waals surface area contributed by atoms with Crippen molar-refractivity contribution in [3.05, 3.63) is 16.4 Å². The fourth-order valence-corrected chi connectivity index (χ4v) is 5.03. The van der Waals surface area contributed by atoms with Crippen molar-refractivity contribution in [2.24, 2.45) is 5.92 Å². The zero-order valence-corrected chi connectivity index (χ0v) is 13.4. The molecule has 0 aromatic carbocycles. The Morgan fingerprint density at radius 3 is 2.76 bits per heavy atom. The zero-order chi connectivity index (χ0) is 12.4. The lowest BCUT2D eigenvalue weighted by Crippen LogP contribution is -2.17. The molecule has 0 saturated carbocycles. The molecule has 1 aliphatic rings. The van der Waals surface area contributed by atoms with Gasteiger partial charge in [-0.2, -0.15) is 16.9 Å². The molecular formula is C12H18BrClN2S. The van der Waals surface area contributed by atoms with E-state index in [-0.39, 0.29) is 0 Å². The Bertz CT molecular complexity index is 394. The molecule has 1 aromatic heterocycles. The number of rotatable bonds is 4. The number of aryl methyl sites for hydroxylation is 2. The Labute approximate surface area is 121 Å². The lowest BCUT2D eigenvalue weighted by Gasteiger charge is -2.14. The second-order valence-corrected chi connectivity index (χ2v) is 7.02. The Morgan fingerprint density at radius 1 is 1.47 bits per heavy atom. The molecule has 17 heavy (non-hydrogen) atoms. The molecular weight excluding hydrogens is 320 g/mol. The number of nitrogens with zero attached hydrogens (tertiary/aromatic N) is 2. The second kappa shape index (κ2) is 5.98. The molecule has 0 bridgehead atoms. The summed E-state index contributed by atoms with van der Waals surface area (Å²) in [7, 11) is 0. The monoisotopic (exact) mass is 336 g/mol. The van der Waals surface area contributed by atoms with E-state index in [4.69, 9.17) is 11.6 Å². The molecule has 0 aliphatic carbocycles. The summed E-state index contributed by atoms with van der Waals surface area (Å²) in [6, 6.07) is 0. The van der Waals surface area contributed by atoms with E-state index in [9.17, 15) is 0 Å². The summed E-state index contributed by atoms with van der Waals surface area (Å²) < 4.78 is 2.07. The summed E-state index contributed by atoms with van der Waals surface area (Å²) in [5, 5.41) is 5.47. The third-order valence-corrected chi connectivity index (χ3v) is 6.47. The highest BCUT2D eigenvalue weighted by atomic mass is 79.9. The number of hydrogen-bond acceptors (Lipinski definition) is 2. The maximum Gasteiger partial charge on any atom is 0.0849 e. The van der Waals surface area contributed by atoms with E-state index in [2.05, 4.69) is 39.6 Å². The van der Waals surface area contributed by atoms with Gasteiger partial charge < -0.3 is 0 Å². The first kappa shape index (κ1) is 13.8. The van der Waals surface area contributed by atoms with Gasteiger partial charge in [0, 0.05) is 17.1 Å². The van der Waals surface area contributed by atoms with Gasteiger partial charge in [-0.15, -0.1) is 0 Å². The van der Waals surface area contributed by atoms with Gasteiger partial charge in [0.1, 0.15) is 0 Å². The van der Waals surface area contributed by atoms with Crippen LogP contribution in [0.15, 0.2) is 0 Å². The first-order valence-electron chi connectivity index (χ1n) is 6.13. The first-order valence-corrected chi connectivity index (χ1v) is 8.58. The summed E-state index contributed by atoms with van der Waals surface area (Å²) in [5.74, 6) is 3.12. The van der Waals surface area contributed by atoms with E-state index in [1.165, 1.54) is 17.2 Å². The molecule has 2 nitrogen and oxygen atoms in total. The summed E-state index contributed by atoms with van der Waals surface area (Å²) in [4.78, 5) is 0.619. The van der Waals surface area contributed by atoms with Crippen LogP contribution in [0.3, 0.4) is 0 Å². The van der Waals surface area contributed by atoms with Gasteiger partial charge >= 0.3 is 0 Å². The number of halogens is 2. The van der Waals surface area contributed by atoms with E-state index < -0.39 is 0 Å². The minimum atomic E-state index is 0.619. The lowest BCUT2D eigenvalue weighted by molar-refractivity contribution is 0.548. The Morgan fingerprint density at radius 2 is 2.24 bits per heavy atom. The molecule has 5 heteroatoms. The highest BCUT2D eigenvalue weighted by Crippen LogP contribution is 2.34. The Balaban J connectivity index is 2.21. The molecule has 0 spiro atoms. The summed E-state index contributed by atoms with van der Waals surface area (Å²) in [5.41, 5.74) is 2.27. The van der Waals surface area contributed by atoms with Gasteiger partial charge in [-0.3, -0.25) is 4.68 Å². The van der Waals surface area contributed by atoms with Gasteiger partial charge in [0.05, 0.1) is 16.4 Å². The minimum absolute atomic E-state index is 0.619. The van der Waals surface area contributed by atoms with Crippen molar-refractivity contribution >= 4 is 39.3 Å². The van der Waals surface area contributed by atoms with Crippen molar-refractivity contribution in [1.82, 2.24) is 9.78 Å². The molecule has 1 saturated heterocycles. The van der Waals surface area contributed by atoms with Gasteiger partial charge in [0.25, 0.3) is 0 Å². The van der Waals surface area contributed by atoms with Crippen LogP contribution in [0.2, 0.25) is 5.02 Å². The van der Waals surface area contributed by atoms with Crippen LogP contribution in [0.25, 0.3) is 0 Å². The van der Waals surface area contributed by atoms with Crippen molar-refractivity contribution in [1.29, 1.82) is 0 Å². The zero-order valence-electron chi connectivity index (χ0n) is 10.2. The van der Waals surface area contributed by atoms with Crippen molar-refractivity contribution in [2.75, 3.05) is 11.5 Å². The maximum absolute atomic E-state index is 6.43. The largest absolute Gasteiger partial charge is 0.268 e. The molecule has 0 amide bonds. The molecule has 1 fully saturated rings. The molecule has 2 atom stereocenters. The predicted octanol–water partition coefficient (Wildman–Crippen LogP) is 3.79. The predicted molar refractivity (Wildman–Crippen MR) is 79.5 cm³/mol. The number of thioether (sulfide) groups is 1. The number of alkyl halides is 1. The molecule has 0 N–H and O–H groups in total.